The lowest BCUT2D eigenvalue weighted by Crippen LogP contribution is -1.80. The van der Waals surface area contributed by atoms with Gasteiger partial charge in [0.15, 0.2) is 5.78 Å². The van der Waals surface area contributed by atoms with Crippen LogP contribution in [0, 0.1) is 13.8 Å². The molecule has 0 heterocycles. The molecule has 23 heavy (non-hydrogen) atoms. The monoisotopic (exact) mass is 312 g/mol. The van der Waals surface area contributed by atoms with Crippen molar-refractivity contribution in [3.63, 3.8) is 0 Å². The topological polar surface area (TPSA) is 17.1 Å². The van der Waals surface area contributed by atoms with Gasteiger partial charge >= 0.3 is 0 Å². The van der Waals surface area contributed by atoms with E-state index in [1.165, 1.54) is 11.1 Å². The molecule has 0 aliphatic heterocycles. The smallest absolute Gasteiger partial charge is 0.152 e. The molecular formula is C22H32O. The molecule has 1 heteroatoms. The average Bonchev–Trinajstić information content (AvgIpc) is 2.59. The van der Waals surface area contributed by atoms with Crippen LogP contribution in [0.15, 0.2) is 60.7 Å². The van der Waals surface area contributed by atoms with Gasteiger partial charge in [0, 0.05) is 0 Å². The molecule has 2 rings (SSSR count). The fourth-order valence-electron chi connectivity index (χ4n) is 1.43. The van der Waals surface area contributed by atoms with Crippen molar-refractivity contribution in [2.24, 2.45) is 0 Å². The van der Waals surface area contributed by atoms with Crippen LogP contribution in [-0.2, 0) is 4.79 Å². The van der Waals surface area contributed by atoms with Crippen molar-refractivity contribution in [1.29, 1.82) is 0 Å². The standard InChI is InChI=1S/C11H12O.C7H8.2C2H6/c1-9-3-6-11(7-4-9)8-5-10(2)12;1-7-5-3-2-4-6-7;2*1-2/h3-8H,1-2H3;2-6H,1H3;2*1-2H3/b8-5+;;;. The van der Waals surface area contributed by atoms with Crippen LogP contribution in [0.4, 0.5) is 0 Å². The molecular weight excluding hydrogens is 280 g/mol. The first kappa shape index (κ1) is 23.1. The fourth-order valence-corrected chi connectivity index (χ4v) is 1.43. The maximum Gasteiger partial charge on any atom is 0.152 e. The molecule has 0 aromatic heterocycles. The van der Waals surface area contributed by atoms with E-state index in [-0.39, 0.29) is 5.78 Å². The van der Waals surface area contributed by atoms with Gasteiger partial charge in [-0.2, -0.15) is 0 Å². The number of hydrogen-bond acceptors (Lipinski definition) is 1. The van der Waals surface area contributed by atoms with Crippen LogP contribution in [0.25, 0.3) is 6.08 Å². The molecule has 0 saturated carbocycles. The first-order valence-corrected chi connectivity index (χ1v) is 8.35. The minimum Gasteiger partial charge on any atom is -0.295 e. The van der Waals surface area contributed by atoms with Crippen LogP contribution >= 0.6 is 0 Å². The number of aryl methyl sites for hydroxylation is 2. The predicted molar refractivity (Wildman–Crippen MR) is 105 cm³/mol. The van der Waals surface area contributed by atoms with Crippen molar-refractivity contribution in [1.82, 2.24) is 0 Å². The van der Waals surface area contributed by atoms with Gasteiger partial charge in [-0.3, -0.25) is 4.79 Å². The third-order valence-corrected chi connectivity index (χ3v) is 2.53. The lowest BCUT2D eigenvalue weighted by atomic mass is 10.1. The molecule has 0 N–H and O–H groups in total. The summed E-state index contributed by atoms with van der Waals surface area (Å²) in [4.78, 5) is 10.6. The van der Waals surface area contributed by atoms with Crippen molar-refractivity contribution in [3.8, 4) is 0 Å². The van der Waals surface area contributed by atoms with Crippen molar-refractivity contribution in [2.45, 2.75) is 48.5 Å². The lowest BCUT2D eigenvalue weighted by Gasteiger charge is -1.93. The number of ketones is 1. The summed E-state index contributed by atoms with van der Waals surface area (Å²) in [5, 5.41) is 0. The minimum absolute atomic E-state index is 0.0792. The Bertz CT molecular complexity index is 522. The quantitative estimate of drug-likeness (QED) is 0.568. The number of rotatable bonds is 2. The summed E-state index contributed by atoms with van der Waals surface area (Å²) in [6.07, 6.45) is 3.40. The Labute approximate surface area is 143 Å². The zero-order chi connectivity index (χ0) is 18.1. The first-order chi connectivity index (χ1) is 11.1. The van der Waals surface area contributed by atoms with Crippen LogP contribution in [0.1, 0.15) is 51.3 Å². The maximum absolute atomic E-state index is 10.6. The van der Waals surface area contributed by atoms with E-state index in [0.717, 1.165) is 5.56 Å². The maximum atomic E-state index is 10.6. The minimum atomic E-state index is 0.0792. The third-order valence-electron chi connectivity index (χ3n) is 2.53. The van der Waals surface area contributed by atoms with E-state index in [2.05, 4.69) is 19.1 Å². The van der Waals surface area contributed by atoms with E-state index >= 15 is 0 Å². The molecule has 0 atom stereocenters. The molecule has 0 aliphatic rings. The van der Waals surface area contributed by atoms with Crippen LogP contribution in [-0.4, -0.2) is 5.78 Å². The Morgan fingerprint density at radius 1 is 0.739 bits per heavy atom. The number of carbonyl (C=O) groups is 1. The summed E-state index contributed by atoms with van der Waals surface area (Å²) >= 11 is 0. The van der Waals surface area contributed by atoms with E-state index in [1.54, 1.807) is 13.0 Å². The van der Waals surface area contributed by atoms with Gasteiger partial charge in [0.05, 0.1) is 0 Å². The Morgan fingerprint density at radius 3 is 1.52 bits per heavy atom. The number of allylic oxidation sites excluding steroid dienone is 1. The lowest BCUT2D eigenvalue weighted by molar-refractivity contribution is -0.112. The van der Waals surface area contributed by atoms with Crippen molar-refractivity contribution in [3.05, 3.63) is 77.4 Å². The number of benzene rings is 2. The Hall–Kier alpha value is -2.15. The van der Waals surface area contributed by atoms with Crippen LogP contribution in [0.5, 0.6) is 0 Å². The van der Waals surface area contributed by atoms with Crippen molar-refractivity contribution >= 4 is 11.9 Å². The largest absolute Gasteiger partial charge is 0.295 e. The van der Waals surface area contributed by atoms with Gasteiger partial charge in [-0.05, 0) is 32.4 Å². The van der Waals surface area contributed by atoms with Crippen molar-refractivity contribution < 1.29 is 4.79 Å². The molecule has 0 spiro atoms. The molecule has 2 aromatic rings. The van der Waals surface area contributed by atoms with E-state index < -0.39 is 0 Å². The molecule has 0 unspecified atom stereocenters. The van der Waals surface area contributed by atoms with E-state index in [9.17, 15) is 4.79 Å². The van der Waals surface area contributed by atoms with E-state index in [4.69, 9.17) is 0 Å². The molecule has 2 aromatic carbocycles. The second kappa shape index (κ2) is 16.2. The van der Waals surface area contributed by atoms with Gasteiger partial charge in [-0.1, -0.05) is 99.5 Å². The molecule has 0 radical (unpaired) electrons. The molecule has 0 aliphatic carbocycles. The SMILES string of the molecule is CC.CC.CC(=O)/C=C/c1ccc(C)cc1.Cc1ccccc1. The predicted octanol–water partition coefficient (Wildman–Crippen LogP) is 6.64. The van der Waals surface area contributed by atoms with Crippen molar-refractivity contribution in [2.75, 3.05) is 0 Å². The summed E-state index contributed by atoms with van der Waals surface area (Å²) in [7, 11) is 0. The highest BCUT2D eigenvalue weighted by Crippen LogP contribution is 2.04. The van der Waals surface area contributed by atoms with Gasteiger partial charge in [0.25, 0.3) is 0 Å². The van der Waals surface area contributed by atoms with E-state index in [0.29, 0.717) is 0 Å². The first-order valence-electron chi connectivity index (χ1n) is 8.35. The summed E-state index contributed by atoms with van der Waals surface area (Å²) in [6, 6.07) is 18.3. The highest BCUT2D eigenvalue weighted by atomic mass is 16.1. The third kappa shape index (κ3) is 14.5. The molecule has 0 amide bonds. The summed E-state index contributed by atoms with van der Waals surface area (Å²) in [5.41, 5.74) is 3.62. The molecule has 0 bridgehead atoms. The summed E-state index contributed by atoms with van der Waals surface area (Å²) < 4.78 is 0. The molecule has 0 saturated heterocycles. The van der Waals surface area contributed by atoms with E-state index in [1.807, 2.05) is 83.2 Å². The summed E-state index contributed by atoms with van der Waals surface area (Å²) in [6.45, 7) is 13.7. The van der Waals surface area contributed by atoms with Gasteiger partial charge in [0.2, 0.25) is 0 Å². The van der Waals surface area contributed by atoms with Gasteiger partial charge in [0.1, 0.15) is 0 Å². The second-order valence-electron chi connectivity index (χ2n) is 4.51. The molecule has 0 fully saturated rings. The van der Waals surface area contributed by atoms with Gasteiger partial charge < -0.3 is 0 Å². The Balaban J connectivity index is 0. The second-order valence-corrected chi connectivity index (χ2v) is 4.51. The van der Waals surface area contributed by atoms with Crippen LogP contribution in [0.2, 0.25) is 0 Å². The summed E-state index contributed by atoms with van der Waals surface area (Å²) in [5.74, 6) is 0.0792. The number of carbonyl (C=O) groups excluding carboxylic acids is 1. The zero-order valence-electron chi connectivity index (χ0n) is 15.8. The Kier molecular flexibility index (Phi) is 16.3. The van der Waals surface area contributed by atoms with Crippen LogP contribution in [0.3, 0.4) is 0 Å². The van der Waals surface area contributed by atoms with Crippen LogP contribution < -0.4 is 0 Å². The van der Waals surface area contributed by atoms with Gasteiger partial charge in [-0.15, -0.1) is 0 Å². The Morgan fingerprint density at radius 2 is 1.17 bits per heavy atom. The molecule has 1 nitrogen and oxygen atoms in total. The van der Waals surface area contributed by atoms with Gasteiger partial charge in [-0.25, -0.2) is 0 Å². The fraction of sp³-hybridized carbons (Fsp3) is 0.318. The highest BCUT2D eigenvalue weighted by molar-refractivity contribution is 5.91. The molecule has 126 valence electrons. The highest BCUT2D eigenvalue weighted by Gasteiger charge is 1.86. The zero-order valence-corrected chi connectivity index (χ0v) is 15.8. The number of hydrogen-bond donors (Lipinski definition) is 0. The average molecular weight is 312 g/mol. The normalized spacial score (nSPS) is 8.65.